The molecular formula is C19H16O6. The van der Waals surface area contributed by atoms with Crippen molar-refractivity contribution in [3.8, 4) is 11.8 Å². The molecule has 0 N–H and O–H groups in total. The molecule has 0 spiro atoms. The van der Waals surface area contributed by atoms with Gasteiger partial charge in [-0.15, -0.1) is 0 Å². The molecule has 2 rings (SSSR count). The third-order valence-electron chi connectivity index (χ3n) is 3.01. The summed E-state index contributed by atoms with van der Waals surface area (Å²) in [6, 6.07) is 9.04. The van der Waals surface area contributed by atoms with Crippen LogP contribution < -0.4 is 0 Å². The van der Waals surface area contributed by atoms with Crippen LogP contribution in [-0.2, 0) is 28.6 Å². The summed E-state index contributed by atoms with van der Waals surface area (Å²) in [6.07, 6.45) is 1.11. The molecular weight excluding hydrogens is 324 g/mol. The van der Waals surface area contributed by atoms with E-state index in [-0.39, 0.29) is 24.5 Å². The minimum Gasteiger partial charge on any atom is -0.462 e. The van der Waals surface area contributed by atoms with Crippen LogP contribution >= 0.6 is 0 Å². The highest BCUT2D eigenvalue weighted by Crippen LogP contribution is 2.24. The number of benzene rings is 1. The van der Waals surface area contributed by atoms with Gasteiger partial charge in [-0.25, -0.2) is 14.4 Å². The summed E-state index contributed by atoms with van der Waals surface area (Å²) in [5.41, 5.74) is 0.337. The second kappa shape index (κ2) is 8.50. The lowest BCUT2D eigenvalue weighted by molar-refractivity contribution is -0.147. The van der Waals surface area contributed by atoms with Gasteiger partial charge in [0.15, 0.2) is 11.3 Å². The fourth-order valence-corrected chi connectivity index (χ4v) is 1.98. The van der Waals surface area contributed by atoms with Crippen molar-refractivity contribution in [2.45, 2.75) is 13.8 Å². The Morgan fingerprint density at radius 1 is 1.00 bits per heavy atom. The molecule has 0 atom stereocenters. The van der Waals surface area contributed by atoms with E-state index in [0.717, 1.165) is 6.08 Å². The van der Waals surface area contributed by atoms with Crippen LogP contribution in [0.2, 0.25) is 0 Å². The molecule has 128 valence electrons. The SMILES string of the molecule is CCOC(=O)C(C(=O)OCC)=C1OC(=O)C=C1C#Cc1ccccc1. The molecule has 1 aliphatic rings. The minimum atomic E-state index is -0.932. The Kier molecular flexibility index (Phi) is 6.13. The second-order valence-corrected chi connectivity index (χ2v) is 4.74. The Balaban J connectivity index is 2.47. The maximum Gasteiger partial charge on any atom is 0.349 e. The van der Waals surface area contributed by atoms with Crippen molar-refractivity contribution < 1.29 is 28.6 Å². The highest BCUT2D eigenvalue weighted by molar-refractivity contribution is 6.16. The van der Waals surface area contributed by atoms with Gasteiger partial charge in [0.25, 0.3) is 0 Å². The molecule has 0 unspecified atom stereocenters. The van der Waals surface area contributed by atoms with E-state index in [9.17, 15) is 14.4 Å². The number of allylic oxidation sites excluding steroid dienone is 1. The van der Waals surface area contributed by atoms with E-state index in [4.69, 9.17) is 14.2 Å². The molecule has 25 heavy (non-hydrogen) atoms. The molecule has 1 aliphatic heterocycles. The van der Waals surface area contributed by atoms with Crippen LogP contribution in [-0.4, -0.2) is 31.1 Å². The summed E-state index contributed by atoms with van der Waals surface area (Å²) < 4.78 is 14.7. The first-order chi connectivity index (χ1) is 12.1. The fraction of sp³-hybridized carbons (Fsp3) is 0.211. The molecule has 0 aromatic heterocycles. The van der Waals surface area contributed by atoms with Gasteiger partial charge in [0, 0.05) is 11.6 Å². The van der Waals surface area contributed by atoms with Gasteiger partial charge in [-0.2, -0.15) is 0 Å². The molecule has 0 aliphatic carbocycles. The van der Waals surface area contributed by atoms with Gasteiger partial charge >= 0.3 is 17.9 Å². The molecule has 0 fully saturated rings. The lowest BCUT2D eigenvalue weighted by Gasteiger charge is -2.09. The van der Waals surface area contributed by atoms with Gasteiger partial charge in [-0.3, -0.25) is 0 Å². The summed E-state index contributed by atoms with van der Waals surface area (Å²) in [4.78, 5) is 35.9. The second-order valence-electron chi connectivity index (χ2n) is 4.74. The quantitative estimate of drug-likeness (QED) is 0.208. The third kappa shape index (κ3) is 4.58. The largest absolute Gasteiger partial charge is 0.462 e. The van der Waals surface area contributed by atoms with Crippen LogP contribution in [0.5, 0.6) is 0 Å². The predicted octanol–water partition coefficient (Wildman–Crippen LogP) is 1.90. The van der Waals surface area contributed by atoms with Crippen molar-refractivity contribution in [3.63, 3.8) is 0 Å². The van der Waals surface area contributed by atoms with E-state index in [2.05, 4.69) is 11.8 Å². The Labute approximate surface area is 145 Å². The average Bonchev–Trinajstić information content (AvgIpc) is 2.95. The van der Waals surface area contributed by atoms with E-state index in [0.29, 0.717) is 5.56 Å². The lowest BCUT2D eigenvalue weighted by Crippen LogP contribution is -2.21. The van der Waals surface area contributed by atoms with Crippen LogP contribution in [0.1, 0.15) is 19.4 Å². The third-order valence-corrected chi connectivity index (χ3v) is 3.01. The summed E-state index contributed by atoms with van der Waals surface area (Å²) in [6.45, 7) is 3.30. The summed E-state index contributed by atoms with van der Waals surface area (Å²) in [5, 5.41) is 0. The zero-order chi connectivity index (χ0) is 18.2. The van der Waals surface area contributed by atoms with Crippen molar-refractivity contribution in [3.05, 3.63) is 58.9 Å². The van der Waals surface area contributed by atoms with Gasteiger partial charge in [-0.05, 0) is 26.0 Å². The number of carbonyl (C=O) groups excluding carboxylic acids is 3. The molecule has 0 saturated heterocycles. The first-order valence-corrected chi connectivity index (χ1v) is 7.66. The van der Waals surface area contributed by atoms with E-state index >= 15 is 0 Å². The summed E-state index contributed by atoms with van der Waals surface area (Å²) >= 11 is 0. The van der Waals surface area contributed by atoms with Crippen LogP contribution in [0.4, 0.5) is 0 Å². The van der Waals surface area contributed by atoms with Crippen molar-refractivity contribution in [1.29, 1.82) is 0 Å². The van der Waals surface area contributed by atoms with Gasteiger partial charge in [0.05, 0.1) is 18.8 Å². The Bertz CT molecular complexity index is 785. The smallest absolute Gasteiger partial charge is 0.349 e. The van der Waals surface area contributed by atoms with Crippen LogP contribution in [0.3, 0.4) is 0 Å². The van der Waals surface area contributed by atoms with Crippen LogP contribution in [0, 0.1) is 11.8 Å². The Hall–Kier alpha value is -3.33. The molecule has 1 heterocycles. The normalized spacial score (nSPS) is 12.5. The maximum atomic E-state index is 12.1. The van der Waals surface area contributed by atoms with Crippen molar-refractivity contribution in [2.24, 2.45) is 0 Å². The number of carbonyl (C=O) groups is 3. The number of esters is 3. The summed E-state index contributed by atoms with van der Waals surface area (Å²) in [7, 11) is 0. The molecule has 0 bridgehead atoms. The number of hydrogen-bond donors (Lipinski definition) is 0. The average molecular weight is 340 g/mol. The number of hydrogen-bond acceptors (Lipinski definition) is 6. The monoisotopic (exact) mass is 340 g/mol. The highest BCUT2D eigenvalue weighted by Gasteiger charge is 2.33. The summed E-state index contributed by atoms with van der Waals surface area (Å²) in [5.74, 6) is 2.76. The fourth-order valence-electron chi connectivity index (χ4n) is 1.98. The van der Waals surface area contributed by atoms with Crippen LogP contribution in [0.25, 0.3) is 0 Å². The van der Waals surface area contributed by atoms with Crippen molar-refractivity contribution >= 4 is 17.9 Å². The molecule has 0 amide bonds. The van der Waals surface area contributed by atoms with Crippen molar-refractivity contribution in [2.75, 3.05) is 13.2 Å². The van der Waals surface area contributed by atoms with E-state index < -0.39 is 23.5 Å². The zero-order valence-corrected chi connectivity index (χ0v) is 13.8. The molecule has 1 aromatic rings. The Morgan fingerprint density at radius 2 is 1.60 bits per heavy atom. The van der Waals surface area contributed by atoms with Crippen LogP contribution in [0.15, 0.2) is 53.3 Å². The molecule has 0 saturated carbocycles. The lowest BCUT2D eigenvalue weighted by atomic mass is 10.1. The predicted molar refractivity (Wildman–Crippen MR) is 87.8 cm³/mol. The first-order valence-electron chi connectivity index (χ1n) is 7.66. The van der Waals surface area contributed by atoms with Gasteiger partial charge in [-0.1, -0.05) is 30.0 Å². The van der Waals surface area contributed by atoms with E-state index in [1.54, 1.807) is 26.0 Å². The molecule has 6 heteroatoms. The molecule has 0 radical (unpaired) electrons. The topological polar surface area (TPSA) is 78.9 Å². The standard InChI is InChI=1S/C19H16O6/c1-3-23-18(21)16(19(22)24-4-2)17-14(12-15(20)25-17)11-10-13-8-6-5-7-9-13/h5-9,12H,3-4H2,1-2H3. The number of cyclic esters (lactones) is 1. The van der Waals surface area contributed by atoms with Gasteiger partial charge in [0.2, 0.25) is 0 Å². The van der Waals surface area contributed by atoms with Gasteiger partial charge < -0.3 is 14.2 Å². The van der Waals surface area contributed by atoms with E-state index in [1.807, 2.05) is 18.2 Å². The minimum absolute atomic E-state index is 0.0533. The van der Waals surface area contributed by atoms with Gasteiger partial charge in [0.1, 0.15) is 0 Å². The number of rotatable bonds is 4. The first kappa shape index (κ1) is 18.0. The Morgan fingerprint density at radius 3 is 2.16 bits per heavy atom. The van der Waals surface area contributed by atoms with E-state index in [1.165, 1.54) is 0 Å². The maximum absolute atomic E-state index is 12.1. The molecule has 6 nitrogen and oxygen atoms in total. The number of ether oxygens (including phenoxy) is 3. The highest BCUT2D eigenvalue weighted by atomic mass is 16.6. The molecule has 1 aromatic carbocycles. The zero-order valence-electron chi connectivity index (χ0n) is 13.8. The van der Waals surface area contributed by atoms with Crippen molar-refractivity contribution in [1.82, 2.24) is 0 Å².